The molecule has 0 saturated heterocycles. The predicted molar refractivity (Wildman–Crippen MR) is 88.6 cm³/mol. The first-order valence-corrected chi connectivity index (χ1v) is 7.61. The van der Waals surface area contributed by atoms with E-state index in [-0.39, 0.29) is 29.8 Å². The topological polar surface area (TPSA) is 58.2 Å². The van der Waals surface area contributed by atoms with Gasteiger partial charge in [-0.15, -0.1) is 0 Å². The minimum atomic E-state index is -1.27. The Morgan fingerprint density at radius 3 is 2.48 bits per heavy atom. The molecule has 0 radical (unpaired) electrons. The number of nitrogens with one attached hydrogen (secondary N) is 2. The van der Waals surface area contributed by atoms with Crippen LogP contribution in [0.4, 0.5) is 24.5 Å². The van der Waals surface area contributed by atoms with E-state index < -0.39 is 23.1 Å². The van der Waals surface area contributed by atoms with E-state index in [1.54, 1.807) is 13.0 Å². The summed E-state index contributed by atoms with van der Waals surface area (Å²) in [7, 11) is 0. The van der Waals surface area contributed by atoms with Gasteiger partial charge in [0.05, 0.1) is 11.4 Å². The molecule has 25 heavy (non-hydrogen) atoms. The maximum atomic E-state index is 14.4. The van der Waals surface area contributed by atoms with Crippen molar-refractivity contribution in [2.75, 3.05) is 11.9 Å². The molecule has 0 unspecified atom stereocenters. The maximum Gasteiger partial charge on any atom is 0.183 e. The standard InChI is InChI=1S/C18H17F3N2O2/c1-11-3-4-15(14(19)7-11)23-18-13(10-25)8-12(16(20)17(18)21)9-22-5-2-6-24/h3-4,6-8,10,22-23H,2,5,9H2,1H3. The molecule has 0 atom stereocenters. The van der Waals surface area contributed by atoms with E-state index in [4.69, 9.17) is 0 Å². The summed E-state index contributed by atoms with van der Waals surface area (Å²) in [5.41, 5.74) is -0.00991. The summed E-state index contributed by atoms with van der Waals surface area (Å²) in [6.07, 6.45) is 1.30. The largest absolute Gasteiger partial charge is 0.350 e. The van der Waals surface area contributed by atoms with Crippen LogP contribution in [0.3, 0.4) is 0 Å². The number of carbonyl (C=O) groups excluding carboxylic acids is 2. The zero-order chi connectivity index (χ0) is 18.4. The van der Waals surface area contributed by atoms with Gasteiger partial charge in [0.2, 0.25) is 0 Å². The summed E-state index contributed by atoms with van der Waals surface area (Å²) in [6, 6.07) is 5.41. The van der Waals surface area contributed by atoms with Gasteiger partial charge >= 0.3 is 0 Å². The highest BCUT2D eigenvalue weighted by molar-refractivity contribution is 5.86. The van der Waals surface area contributed by atoms with Crippen molar-refractivity contribution < 1.29 is 22.8 Å². The van der Waals surface area contributed by atoms with Crippen LogP contribution in [-0.4, -0.2) is 19.1 Å². The van der Waals surface area contributed by atoms with E-state index in [9.17, 15) is 22.8 Å². The van der Waals surface area contributed by atoms with E-state index in [1.165, 1.54) is 18.2 Å². The lowest BCUT2D eigenvalue weighted by molar-refractivity contribution is -0.107. The summed E-state index contributed by atoms with van der Waals surface area (Å²) in [5, 5.41) is 5.22. The summed E-state index contributed by atoms with van der Waals surface area (Å²) in [6.45, 7) is 1.95. The molecule has 0 fully saturated rings. The van der Waals surface area contributed by atoms with Crippen LogP contribution in [0.15, 0.2) is 24.3 Å². The van der Waals surface area contributed by atoms with E-state index in [1.807, 2.05) is 0 Å². The first-order chi connectivity index (χ1) is 12.0. The molecule has 0 aliphatic rings. The molecule has 2 aromatic carbocycles. The van der Waals surface area contributed by atoms with Gasteiger partial charge in [-0.05, 0) is 30.7 Å². The SMILES string of the molecule is Cc1ccc(Nc2c(C=O)cc(CNCCC=O)c(F)c2F)c(F)c1. The average Bonchev–Trinajstić information content (AvgIpc) is 2.59. The van der Waals surface area contributed by atoms with Crippen LogP contribution in [0.2, 0.25) is 0 Å². The zero-order valence-corrected chi connectivity index (χ0v) is 13.5. The molecule has 0 saturated carbocycles. The number of anilines is 2. The Hall–Kier alpha value is -2.67. The van der Waals surface area contributed by atoms with Gasteiger partial charge in [0.15, 0.2) is 17.9 Å². The number of aldehydes is 2. The highest BCUT2D eigenvalue weighted by atomic mass is 19.2. The molecule has 0 aliphatic carbocycles. The Morgan fingerprint density at radius 1 is 1.08 bits per heavy atom. The minimum Gasteiger partial charge on any atom is -0.350 e. The lowest BCUT2D eigenvalue weighted by Gasteiger charge is -2.14. The molecular formula is C18H17F3N2O2. The van der Waals surface area contributed by atoms with E-state index in [0.717, 1.165) is 0 Å². The molecule has 0 heterocycles. The van der Waals surface area contributed by atoms with Crippen LogP contribution in [0.25, 0.3) is 0 Å². The lowest BCUT2D eigenvalue weighted by atomic mass is 10.1. The van der Waals surface area contributed by atoms with Gasteiger partial charge in [-0.1, -0.05) is 6.07 Å². The van der Waals surface area contributed by atoms with Gasteiger partial charge in [-0.2, -0.15) is 0 Å². The molecule has 0 aliphatic heterocycles. The fraction of sp³-hybridized carbons (Fsp3) is 0.222. The monoisotopic (exact) mass is 350 g/mol. The molecule has 4 nitrogen and oxygen atoms in total. The molecule has 0 bridgehead atoms. The van der Waals surface area contributed by atoms with E-state index in [0.29, 0.717) is 24.7 Å². The van der Waals surface area contributed by atoms with E-state index >= 15 is 0 Å². The number of halogens is 3. The van der Waals surface area contributed by atoms with Crippen molar-refractivity contribution in [2.24, 2.45) is 0 Å². The molecule has 0 aromatic heterocycles. The summed E-state index contributed by atoms with van der Waals surface area (Å²) in [4.78, 5) is 21.5. The van der Waals surface area contributed by atoms with Crippen molar-refractivity contribution in [1.29, 1.82) is 0 Å². The van der Waals surface area contributed by atoms with Gasteiger partial charge in [-0.25, -0.2) is 13.2 Å². The Bertz CT molecular complexity index is 794. The number of aryl methyl sites for hydroxylation is 1. The van der Waals surface area contributed by atoms with Crippen molar-refractivity contribution in [3.05, 3.63) is 58.4 Å². The molecule has 0 spiro atoms. The number of rotatable bonds is 8. The van der Waals surface area contributed by atoms with Crippen LogP contribution >= 0.6 is 0 Å². The smallest absolute Gasteiger partial charge is 0.183 e. The van der Waals surface area contributed by atoms with Gasteiger partial charge in [0, 0.05) is 30.6 Å². The van der Waals surface area contributed by atoms with Crippen LogP contribution in [0.5, 0.6) is 0 Å². The molecule has 0 amide bonds. The van der Waals surface area contributed by atoms with Crippen molar-refractivity contribution in [3.63, 3.8) is 0 Å². The first kappa shape index (κ1) is 18.7. The van der Waals surface area contributed by atoms with Crippen LogP contribution in [-0.2, 0) is 11.3 Å². The molecular weight excluding hydrogens is 333 g/mol. The third-order valence-corrected chi connectivity index (χ3v) is 3.58. The van der Waals surface area contributed by atoms with Crippen molar-refractivity contribution in [1.82, 2.24) is 5.32 Å². The second-order valence-corrected chi connectivity index (χ2v) is 5.49. The van der Waals surface area contributed by atoms with Crippen LogP contribution in [0.1, 0.15) is 27.9 Å². The van der Waals surface area contributed by atoms with Crippen molar-refractivity contribution >= 4 is 23.9 Å². The van der Waals surface area contributed by atoms with Gasteiger partial charge in [0.25, 0.3) is 0 Å². The molecule has 2 rings (SSSR count). The Kier molecular flexibility index (Phi) is 6.30. The summed E-state index contributed by atoms with van der Waals surface area (Å²) >= 11 is 0. The lowest BCUT2D eigenvalue weighted by Crippen LogP contribution is -2.17. The second-order valence-electron chi connectivity index (χ2n) is 5.49. The highest BCUT2D eigenvalue weighted by Crippen LogP contribution is 2.29. The number of carbonyl (C=O) groups is 2. The van der Waals surface area contributed by atoms with Crippen molar-refractivity contribution in [3.8, 4) is 0 Å². The van der Waals surface area contributed by atoms with Gasteiger partial charge in [0.1, 0.15) is 12.1 Å². The fourth-order valence-corrected chi connectivity index (χ4v) is 2.29. The van der Waals surface area contributed by atoms with Crippen LogP contribution < -0.4 is 10.6 Å². The zero-order valence-electron chi connectivity index (χ0n) is 13.5. The Labute approximate surface area is 143 Å². The number of benzene rings is 2. The number of hydrogen-bond acceptors (Lipinski definition) is 4. The predicted octanol–water partition coefficient (Wildman–Crippen LogP) is 3.65. The normalized spacial score (nSPS) is 10.6. The molecule has 2 N–H and O–H groups in total. The van der Waals surface area contributed by atoms with E-state index in [2.05, 4.69) is 10.6 Å². The van der Waals surface area contributed by atoms with Crippen LogP contribution in [0, 0.1) is 24.4 Å². The second kappa shape index (κ2) is 8.43. The van der Waals surface area contributed by atoms with Crippen molar-refractivity contribution in [2.45, 2.75) is 19.9 Å². The molecule has 2 aromatic rings. The third-order valence-electron chi connectivity index (χ3n) is 3.58. The Balaban J connectivity index is 2.33. The Morgan fingerprint density at radius 2 is 1.84 bits per heavy atom. The van der Waals surface area contributed by atoms with Gasteiger partial charge < -0.3 is 15.4 Å². The highest BCUT2D eigenvalue weighted by Gasteiger charge is 2.19. The maximum absolute atomic E-state index is 14.4. The molecule has 132 valence electrons. The quantitative estimate of drug-likeness (QED) is 0.564. The summed E-state index contributed by atoms with van der Waals surface area (Å²) < 4.78 is 42.5. The first-order valence-electron chi connectivity index (χ1n) is 7.61. The summed E-state index contributed by atoms with van der Waals surface area (Å²) in [5.74, 6) is -3.05. The number of hydrogen-bond donors (Lipinski definition) is 2. The third kappa shape index (κ3) is 4.45. The average molecular weight is 350 g/mol. The minimum absolute atomic E-state index is 0.0450. The fourth-order valence-electron chi connectivity index (χ4n) is 2.29. The molecule has 7 heteroatoms. The van der Waals surface area contributed by atoms with Gasteiger partial charge in [-0.3, -0.25) is 4.79 Å².